The molecule has 4 rings (SSSR count). The van der Waals surface area contributed by atoms with E-state index in [0.29, 0.717) is 35.8 Å². The third-order valence-corrected chi connectivity index (χ3v) is 9.75. The van der Waals surface area contributed by atoms with Crippen molar-refractivity contribution < 1.29 is 67.4 Å². The molecule has 1 fully saturated rings. The molecule has 0 aromatic heterocycles. The van der Waals surface area contributed by atoms with Crippen molar-refractivity contribution in [3.8, 4) is 17.2 Å². The van der Waals surface area contributed by atoms with Gasteiger partial charge in [-0.15, -0.1) is 0 Å². The molecule has 3 unspecified atom stereocenters. The minimum Gasteiger partial charge on any atom is -0.522 e. The van der Waals surface area contributed by atoms with Crippen molar-refractivity contribution in [2.45, 2.75) is 151 Å². The second kappa shape index (κ2) is 29.1. The molecule has 0 bridgehead atoms. The number of nitrogens with one attached hydrogen (secondary N) is 5. The van der Waals surface area contributed by atoms with Gasteiger partial charge in [0.15, 0.2) is 17.6 Å². The molecule has 2 aliphatic heterocycles. The minimum atomic E-state index is -1.28. The molecule has 2 aromatic rings. The first kappa shape index (κ1) is 58.4. The van der Waals surface area contributed by atoms with E-state index in [0.717, 1.165) is 36.9 Å². The molecule has 382 valence electrons. The number of carboxylic acids is 1. The van der Waals surface area contributed by atoms with Crippen LogP contribution in [0.1, 0.15) is 124 Å². The van der Waals surface area contributed by atoms with Crippen molar-refractivity contribution >= 4 is 47.6 Å². The number of anilines is 2. The average Bonchev–Trinajstić information content (AvgIpc) is 3.71. The summed E-state index contributed by atoms with van der Waals surface area (Å²) in [4.78, 5) is 70.9. The molecule has 3 atom stereocenters. The third kappa shape index (κ3) is 21.0. The quantitative estimate of drug-likeness (QED) is 0.0429. The average molecular weight is 1190 g/mol. The van der Waals surface area contributed by atoms with Crippen LogP contribution in [0.3, 0.4) is 0 Å². The molecule has 7 N–H and O–H groups in total. The third-order valence-electron chi connectivity index (χ3n) is 9.75. The number of unbranched alkanes of at least 4 members (excludes halogenated alkanes) is 1. The first-order valence-corrected chi connectivity index (χ1v) is 22.5. The number of amides is 5. The molecule has 0 aliphatic carbocycles. The van der Waals surface area contributed by atoms with Crippen LogP contribution in [0.2, 0.25) is 0 Å². The van der Waals surface area contributed by atoms with E-state index in [1.807, 2.05) is 54.5 Å². The standard InChI is InChI=1S/C30H35N4O12.C14H29NO2.C3H8.Fm/c1-3-19-16(2)8-22-28(44-15-43-22)27(19)34-30(41)42-13-17-4-5-21(45-26-11-18(36)10-23(46-26)29(39)40)20(9-17)33-24(37)6-7-32-25(38)12-31-14-35;1-7-8-10-15-12(16)14(5,6)9-11-17-13(2,3)4;1-3-2;/h4-5,8-9,18,23,26,36H,3,6-7,10-13,15H2,1-2H3,(H,31,35)(H,32,38)(H,33,37)(H,34,41)(H,39,40);7-11H2,1-6H3,(H,15,16);3H2,1-2H3;/q-1;;;. The predicted molar refractivity (Wildman–Crippen MR) is 247 cm³/mol. The molecule has 2 heterocycles. The van der Waals surface area contributed by atoms with Crippen molar-refractivity contribution in [3.63, 3.8) is 0 Å². The van der Waals surface area contributed by atoms with Crippen LogP contribution < -0.4 is 40.8 Å². The molecule has 67 heavy (non-hydrogen) atoms. The fourth-order valence-corrected chi connectivity index (χ4v) is 6.24. The Labute approximate surface area is 388 Å². The van der Waals surface area contributed by atoms with Crippen LogP contribution >= 0.6 is 0 Å². The minimum absolute atomic E-state index is 0. The second-order valence-corrected chi connectivity index (χ2v) is 17.3. The number of aliphatic carboxylic acids is 1. The summed E-state index contributed by atoms with van der Waals surface area (Å²) in [5.74, 6) is -1.13. The van der Waals surface area contributed by atoms with Crippen molar-refractivity contribution in [1.82, 2.24) is 16.0 Å². The topological polar surface area (TPSA) is 258 Å². The number of carbonyl (C=O) groups excluding carboxylic acids is 5. The van der Waals surface area contributed by atoms with E-state index in [9.17, 15) is 39.0 Å². The van der Waals surface area contributed by atoms with Gasteiger partial charge in [0.1, 0.15) is 12.4 Å². The van der Waals surface area contributed by atoms with Gasteiger partial charge in [-0.05, 0) is 81.8 Å². The van der Waals surface area contributed by atoms with E-state index in [-0.39, 0.29) is 74.1 Å². The summed E-state index contributed by atoms with van der Waals surface area (Å²) in [5, 5.41) is 32.4. The fraction of sp³-hybridized carbons (Fsp3) is 0.617. The summed E-state index contributed by atoms with van der Waals surface area (Å²) >= 11 is 0. The Morgan fingerprint density at radius 2 is 1.63 bits per heavy atom. The molecule has 2 aromatic carbocycles. The summed E-state index contributed by atoms with van der Waals surface area (Å²) in [5.41, 5.74) is 2.35. The van der Waals surface area contributed by atoms with E-state index < -0.39 is 42.4 Å². The van der Waals surface area contributed by atoms with Gasteiger partial charge in [-0.3, -0.25) is 19.7 Å². The number of hydrogen-bond donors (Lipinski definition) is 7. The van der Waals surface area contributed by atoms with Gasteiger partial charge in [-0.2, -0.15) is 6.41 Å². The first-order chi connectivity index (χ1) is 31.2. The van der Waals surface area contributed by atoms with Gasteiger partial charge in [0.25, 0.3) is 0 Å². The van der Waals surface area contributed by atoms with Crippen LogP contribution in [-0.4, -0.2) is 104 Å². The van der Waals surface area contributed by atoms with Crippen LogP contribution in [0.15, 0.2) is 24.3 Å². The Morgan fingerprint density at radius 1 is 0.925 bits per heavy atom. The number of carbonyl (C=O) groups is 5. The maximum atomic E-state index is 12.8. The number of aliphatic hydroxyl groups is 1. The van der Waals surface area contributed by atoms with Gasteiger partial charge >= 0.3 is 12.1 Å². The van der Waals surface area contributed by atoms with Crippen LogP contribution in [0.5, 0.6) is 17.2 Å². The molecule has 20 heteroatoms. The zero-order valence-corrected chi connectivity index (χ0v) is 42.9. The first-order valence-electron chi connectivity index (χ1n) is 22.5. The van der Waals surface area contributed by atoms with Crippen LogP contribution in [0, 0.1) is 12.3 Å². The molecular formula is C47H72FmN5O14-. The number of aryl methyl sites for hydroxylation is 1. The SMILES string of the molecule is CCC.CCCCNC(=O)C(C)(C)CCOC(C)(C)C.CCc1c(C)cc2c(c1NC(=O)OCc1ccc(OC3CC(O)CC(C(=O)O)O3)c(NC(=O)CCNC(=O)CN[C-]=O)c1)OCO2.[Fm]. The Balaban J connectivity index is 0.000000899. The Hall–Kier alpha value is -6.66. The van der Waals surface area contributed by atoms with Gasteiger partial charge < -0.3 is 64.7 Å². The number of benzene rings is 2. The summed E-state index contributed by atoms with van der Waals surface area (Å²) < 4.78 is 33.4. The van der Waals surface area contributed by atoms with Gasteiger partial charge in [0, 0.05) is 44.4 Å². The Kier molecular flexibility index (Phi) is 25.3. The van der Waals surface area contributed by atoms with Gasteiger partial charge in [-0.1, -0.05) is 60.5 Å². The maximum Gasteiger partial charge on any atom is 0.412 e. The van der Waals surface area contributed by atoms with Gasteiger partial charge in [0.2, 0.25) is 30.8 Å². The summed E-state index contributed by atoms with van der Waals surface area (Å²) in [6.45, 7) is 21.1. The van der Waals surface area contributed by atoms with Crippen molar-refractivity contribution in [2.75, 3.05) is 43.7 Å². The summed E-state index contributed by atoms with van der Waals surface area (Å²) in [6.07, 6.45) is 1.71. The van der Waals surface area contributed by atoms with Gasteiger partial charge in [0.05, 0.1) is 29.6 Å². The zero-order chi connectivity index (χ0) is 49.5. The number of rotatable bonds is 21. The molecule has 0 saturated carbocycles. The molecule has 1 saturated heterocycles. The number of aliphatic hydroxyl groups excluding tert-OH is 1. The van der Waals surface area contributed by atoms with E-state index in [4.69, 9.17) is 28.4 Å². The van der Waals surface area contributed by atoms with Crippen LogP contribution in [-0.2, 0) is 51.2 Å². The summed E-state index contributed by atoms with van der Waals surface area (Å²) in [7, 11) is 0. The number of carboxylic acid groups (broad SMARTS) is 1. The summed E-state index contributed by atoms with van der Waals surface area (Å²) in [6, 6.07) is 6.39. The number of hydrogen-bond acceptors (Lipinski definition) is 13. The second-order valence-electron chi connectivity index (χ2n) is 17.3. The monoisotopic (exact) mass is 1190 g/mol. The maximum absolute atomic E-state index is 12.8. The van der Waals surface area contributed by atoms with Crippen molar-refractivity contribution in [2.24, 2.45) is 5.41 Å². The Bertz CT molecular complexity index is 1900. The van der Waals surface area contributed by atoms with Crippen molar-refractivity contribution in [3.05, 3.63) is 41.0 Å². The van der Waals surface area contributed by atoms with E-state index >= 15 is 0 Å². The van der Waals surface area contributed by atoms with Crippen LogP contribution in [0.4, 0.5) is 16.2 Å². The fourth-order valence-electron chi connectivity index (χ4n) is 6.24. The smallest absolute Gasteiger partial charge is 0.412 e. The number of ether oxygens (including phenoxy) is 6. The normalized spacial score (nSPS) is 16.0. The van der Waals surface area contributed by atoms with Crippen LogP contribution in [0.25, 0.3) is 0 Å². The molecule has 0 spiro atoms. The molecule has 0 radical (unpaired) electrons. The molecule has 2 aliphatic rings. The molecule has 19 nitrogen and oxygen atoms in total. The molecular weight excluding hydrogens is 1120 g/mol. The van der Waals surface area contributed by atoms with Crippen molar-refractivity contribution in [1.29, 1.82) is 0 Å². The zero-order valence-electron chi connectivity index (χ0n) is 40.5. The number of fused-ring (bicyclic) bond motifs is 1. The van der Waals surface area contributed by atoms with E-state index in [2.05, 4.69) is 47.4 Å². The van der Waals surface area contributed by atoms with E-state index in [1.165, 1.54) is 25.0 Å². The Morgan fingerprint density at radius 3 is 2.25 bits per heavy atom. The van der Waals surface area contributed by atoms with Gasteiger partial charge in [-0.25, -0.2) is 9.59 Å². The van der Waals surface area contributed by atoms with E-state index in [1.54, 1.807) is 6.07 Å². The predicted octanol–water partition coefficient (Wildman–Crippen LogP) is 6.02. The largest absolute Gasteiger partial charge is 0.522 e. The molecule has 5 amide bonds.